The lowest BCUT2D eigenvalue weighted by molar-refractivity contribution is 0.0597. The molecule has 2 N–H and O–H groups in total. The summed E-state index contributed by atoms with van der Waals surface area (Å²) in [5, 5.41) is 4.05. The van der Waals surface area contributed by atoms with Crippen LogP contribution in [0, 0.1) is 5.92 Å². The highest BCUT2D eigenvalue weighted by atomic mass is 32.3. The zero-order valence-corrected chi connectivity index (χ0v) is 13.0. The van der Waals surface area contributed by atoms with Gasteiger partial charge >= 0.3 is 5.97 Å². The van der Waals surface area contributed by atoms with Gasteiger partial charge in [0.15, 0.2) is 6.10 Å². The maximum absolute atomic E-state index is 11.8. The molecule has 1 saturated heterocycles. The van der Waals surface area contributed by atoms with Gasteiger partial charge < -0.3 is 14.3 Å². The Hall–Kier alpha value is -1.77. The predicted octanol–water partition coefficient (Wildman–Crippen LogP) is 1.97. The van der Waals surface area contributed by atoms with Crippen molar-refractivity contribution in [2.45, 2.75) is 6.10 Å². The Morgan fingerprint density at radius 3 is 2.82 bits per heavy atom. The van der Waals surface area contributed by atoms with E-state index in [-0.39, 0.29) is 23.5 Å². The topological polar surface area (TPSA) is 97.6 Å². The fourth-order valence-corrected chi connectivity index (χ4v) is 4.70. The smallest absolute Gasteiger partial charge is 0.341 e. The van der Waals surface area contributed by atoms with Gasteiger partial charge in [0.25, 0.3) is 0 Å². The van der Waals surface area contributed by atoms with Gasteiger partial charge in [-0.05, 0) is 18.2 Å². The molecule has 7 nitrogen and oxygen atoms in total. The fourth-order valence-electron chi connectivity index (χ4n) is 2.80. The number of methoxy groups -OCH3 is 2. The van der Waals surface area contributed by atoms with Crippen LogP contribution in [0.3, 0.4) is 0 Å². The van der Waals surface area contributed by atoms with Crippen LogP contribution in [0.15, 0.2) is 23.4 Å². The van der Waals surface area contributed by atoms with Gasteiger partial charge in [-0.3, -0.25) is 9.11 Å². The maximum atomic E-state index is 11.8. The lowest BCUT2D eigenvalue weighted by Crippen LogP contribution is -2.22. The monoisotopic (exact) mass is 327 g/mol. The molecule has 3 rings (SSSR count). The second-order valence-electron chi connectivity index (χ2n) is 5.27. The fraction of sp³-hybridized carbons (Fsp3) is 0.429. The third-order valence-corrected chi connectivity index (χ3v) is 5.62. The summed E-state index contributed by atoms with van der Waals surface area (Å²) < 4.78 is 29.6. The molecule has 120 valence electrons. The Morgan fingerprint density at radius 2 is 2.14 bits per heavy atom. The van der Waals surface area contributed by atoms with Gasteiger partial charge in [0.1, 0.15) is 11.3 Å². The average molecular weight is 327 g/mol. The molecular formula is C14H17NO6S. The number of fused-ring (bicyclic) bond motifs is 1. The maximum Gasteiger partial charge on any atom is 0.341 e. The third kappa shape index (κ3) is 2.53. The van der Waals surface area contributed by atoms with Crippen molar-refractivity contribution in [2.75, 3.05) is 25.7 Å². The molecular weight excluding hydrogens is 310 g/mol. The molecule has 0 radical (unpaired) electrons. The van der Waals surface area contributed by atoms with E-state index in [0.29, 0.717) is 22.6 Å². The first-order valence-electron chi connectivity index (χ1n) is 6.69. The summed E-state index contributed by atoms with van der Waals surface area (Å²) in [6, 6.07) is 5.05. The van der Waals surface area contributed by atoms with E-state index in [1.54, 1.807) is 18.2 Å². The van der Waals surface area contributed by atoms with Crippen LogP contribution in [0.5, 0.6) is 5.75 Å². The van der Waals surface area contributed by atoms with Gasteiger partial charge in [-0.25, -0.2) is 4.79 Å². The standard InChI is InChI=1S/C14H17NO6S/c1-19-11-4-3-8(5-9(11)14(16)20-2)13-10-6-22(17,18)7-12(10)21-15-13/h3-5,10,12,17-18H,6-7H2,1-2H3. The summed E-state index contributed by atoms with van der Waals surface area (Å²) in [5.41, 5.74) is 1.60. The first-order chi connectivity index (χ1) is 10.4. The molecule has 1 aromatic carbocycles. The molecule has 8 heteroatoms. The zero-order valence-electron chi connectivity index (χ0n) is 12.2. The second kappa shape index (κ2) is 5.45. The third-order valence-electron chi connectivity index (χ3n) is 3.86. The van der Waals surface area contributed by atoms with Crippen LogP contribution in [0.4, 0.5) is 0 Å². The van der Waals surface area contributed by atoms with E-state index in [1.165, 1.54) is 14.2 Å². The number of hydrogen-bond acceptors (Lipinski definition) is 7. The van der Waals surface area contributed by atoms with Crippen molar-refractivity contribution in [2.24, 2.45) is 11.1 Å². The van der Waals surface area contributed by atoms with Crippen LogP contribution in [-0.2, 0) is 9.57 Å². The van der Waals surface area contributed by atoms with Crippen LogP contribution in [0.2, 0.25) is 0 Å². The van der Waals surface area contributed by atoms with Crippen molar-refractivity contribution in [1.29, 1.82) is 0 Å². The minimum atomic E-state index is -2.61. The van der Waals surface area contributed by atoms with E-state index in [0.717, 1.165) is 0 Å². The van der Waals surface area contributed by atoms with E-state index in [1.807, 2.05) is 0 Å². The van der Waals surface area contributed by atoms with Gasteiger partial charge in [-0.15, -0.1) is 0 Å². The van der Waals surface area contributed by atoms with Gasteiger partial charge in [-0.1, -0.05) is 5.16 Å². The molecule has 22 heavy (non-hydrogen) atoms. The van der Waals surface area contributed by atoms with E-state index in [9.17, 15) is 13.9 Å². The average Bonchev–Trinajstić information content (AvgIpc) is 3.00. The highest BCUT2D eigenvalue weighted by Crippen LogP contribution is 2.52. The number of hydrogen-bond donors (Lipinski definition) is 2. The summed E-state index contributed by atoms with van der Waals surface area (Å²) >= 11 is 0. The van der Waals surface area contributed by atoms with E-state index >= 15 is 0 Å². The first-order valence-corrected chi connectivity index (χ1v) is 8.57. The Kier molecular flexibility index (Phi) is 3.75. The molecule has 0 aliphatic carbocycles. The van der Waals surface area contributed by atoms with Crippen molar-refractivity contribution < 1.29 is 28.2 Å². The normalized spacial score (nSPS) is 26.6. The highest BCUT2D eigenvalue weighted by Gasteiger charge is 2.46. The van der Waals surface area contributed by atoms with Crippen LogP contribution >= 0.6 is 10.6 Å². The van der Waals surface area contributed by atoms with E-state index < -0.39 is 16.6 Å². The number of oxime groups is 1. The molecule has 2 aliphatic rings. The lowest BCUT2D eigenvalue weighted by Gasteiger charge is -2.26. The number of rotatable bonds is 3. The molecule has 0 amide bonds. The van der Waals surface area contributed by atoms with Gasteiger partial charge in [0, 0.05) is 11.3 Å². The lowest BCUT2D eigenvalue weighted by atomic mass is 9.94. The van der Waals surface area contributed by atoms with Crippen molar-refractivity contribution in [1.82, 2.24) is 0 Å². The molecule has 0 spiro atoms. The quantitative estimate of drug-likeness (QED) is 0.824. The summed E-state index contributed by atoms with van der Waals surface area (Å²) in [4.78, 5) is 17.1. The largest absolute Gasteiger partial charge is 0.496 e. The first kappa shape index (κ1) is 15.1. The number of ether oxygens (including phenoxy) is 2. The molecule has 0 saturated carbocycles. The van der Waals surface area contributed by atoms with Crippen molar-refractivity contribution in [3.8, 4) is 5.75 Å². The second-order valence-corrected chi connectivity index (χ2v) is 7.54. The Bertz CT molecular complexity index is 644. The molecule has 0 bridgehead atoms. The number of benzene rings is 1. The number of esters is 1. The van der Waals surface area contributed by atoms with Crippen molar-refractivity contribution in [3.05, 3.63) is 29.3 Å². The Labute approximate surface area is 129 Å². The minimum absolute atomic E-state index is 0.177. The molecule has 2 atom stereocenters. The van der Waals surface area contributed by atoms with Gasteiger partial charge in [-0.2, -0.15) is 10.6 Å². The van der Waals surface area contributed by atoms with E-state index in [4.69, 9.17) is 14.3 Å². The van der Waals surface area contributed by atoms with E-state index in [2.05, 4.69) is 5.16 Å². The molecule has 0 aromatic heterocycles. The molecule has 1 fully saturated rings. The number of carbonyl (C=O) groups excluding carboxylic acids is 1. The van der Waals surface area contributed by atoms with Gasteiger partial charge in [0.05, 0.1) is 31.6 Å². The minimum Gasteiger partial charge on any atom is -0.496 e. The number of nitrogens with zero attached hydrogens (tertiary/aromatic N) is 1. The molecule has 2 aliphatic heterocycles. The zero-order chi connectivity index (χ0) is 15.9. The van der Waals surface area contributed by atoms with Crippen molar-refractivity contribution >= 4 is 22.3 Å². The summed E-state index contributed by atoms with van der Waals surface area (Å²) in [6.07, 6.45) is -0.316. The van der Waals surface area contributed by atoms with Crippen LogP contribution in [0.1, 0.15) is 15.9 Å². The Morgan fingerprint density at radius 1 is 1.36 bits per heavy atom. The van der Waals surface area contributed by atoms with Crippen LogP contribution in [0.25, 0.3) is 0 Å². The predicted molar refractivity (Wildman–Crippen MR) is 81.8 cm³/mol. The highest BCUT2D eigenvalue weighted by molar-refractivity contribution is 8.24. The molecule has 2 heterocycles. The van der Waals surface area contributed by atoms with Gasteiger partial charge in [0.2, 0.25) is 0 Å². The Balaban J connectivity index is 1.94. The summed E-state index contributed by atoms with van der Waals surface area (Å²) in [7, 11) is 0.158. The SMILES string of the molecule is COC(=O)c1cc(C2=NOC3CS(O)(O)CC23)ccc1OC. The number of carbonyl (C=O) groups is 1. The van der Waals surface area contributed by atoms with Crippen molar-refractivity contribution in [3.63, 3.8) is 0 Å². The summed E-state index contributed by atoms with van der Waals surface area (Å²) in [6.45, 7) is 0. The van der Waals surface area contributed by atoms with Crippen LogP contribution < -0.4 is 4.74 Å². The van der Waals surface area contributed by atoms with Crippen LogP contribution in [-0.4, -0.2) is 52.6 Å². The molecule has 2 unspecified atom stereocenters. The molecule has 1 aromatic rings. The summed E-state index contributed by atoms with van der Waals surface area (Å²) in [5.74, 6) is 0.151.